The molecule has 2 atom stereocenters. The van der Waals surface area contributed by atoms with Crippen LogP contribution >= 0.6 is 0 Å². The Balaban J connectivity index is 1.54. The number of carbonyl (C=O) groups excluding carboxylic acids is 2. The third-order valence-corrected chi connectivity index (χ3v) is 7.06. The van der Waals surface area contributed by atoms with E-state index in [0.29, 0.717) is 12.1 Å². The minimum Gasteiger partial charge on any atom is -0.449 e. The minimum atomic E-state index is -5.05. The largest absolute Gasteiger partial charge is 0.449 e. The molecule has 0 spiro atoms. The monoisotopic (exact) mass is 626 g/mol. The number of fused-ring (bicyclic) bond motifs is 1. The van der Waals surface area contributed by atoms with E-state index in [9.17, 15) is 49.1 Å². The number of hydrogen-bond acceptors (Lipinski definition) is 4. The Morgan fingerprint density at radius 2 is 1.47 bits per heavy atom. The number of alkyl carbamates (subject to hydrolysis) is 1. The molecule has 0 bridgehead atoms. The van der Waals surface area contributed by atoms with Crippen molar-refractivity contribution in [3.8, 4) is 0 Å². The SMILES string of the molecule is CC(C)OC(=O)N1c2ccc(C(F)(F)F)cc2C(NC(=O)OCCc2cc(C(F)(F)F)cc(C(F)(F)F)c2)CC1C1CC1. The van der Waals surface area contributed by atoms with Crippen molar-refractivity contribution in [2.24, 2.45) is 5.92 Å². The lowest BCUT2D eigenvalue weighted by Crippen LogP contribution is -2.49. The number of nitrogens with zero attached hydrogens (tertiary/aromatic N) is 1. The van der Waals surface area contributed by atoms with Gasteiger partial charge in [-0.25, -0.2) is 9.59 Å². The third kappa shape index (κ3) is 7.85. The Kier molecular flexibility index (Phi) is 8.85. The summed E-state index contributed by atoms with van der Waals surface area (Å²) in [4.78, 5) is 27.0. The standard InChI is InChI=1S/C28H27F9N2O4/c1-14(2)43-25(41)39-22-6-5-17(26(29,30)31)12-20(22)21(13-23(39)16-3-4-16)38-24(40)42-8-7-15-9-18(27(32,33)34)11-19(10-15)28(35,36)37/h5-6,9-12,14,16,21,23H,3-4,7-8,13H2,1-2H3,(H,38,40). The van der Waals surface area contributed by atoms with Gasteiger partial charge in [-0.05, 0) is 86.6 Å². The van der Waals surface area contributed by atoms with Crippen molar-refractivity contribution in [3.63, 3.8) is 0 Å². The summed E-state index contributed by atoms with van der Waals surface area (Å²) in [7, 11) is 0. The van der Waals surface area contributed by atoms with Crippen LogP contribution < -0.4 is 10.2 Å². The van der Waals surface area contributed by atoms with Crippen molar-refractivity contribution < 1.29 is 58.6 Å². The second kappa shape index (κ2) is 11.8. The zero-order valence-electron chi connectivity index (χ0n) is 22.8. The second-order valence-electron chi connectivity index (χ2n) is 10.7. The summed E-state index contributed by atoms with van der Waals surface area (Å²) >= 11 is 0. The number of anilines is 1. The van der Waals surface area contributed by atoms with Gasteiger partial charge in [0.2, 0.25) is 0 Å². The van der Waals surface area contributed by atoms with Crippen molar-refractivity contribution in [3.05, 3.63) is 64.2 Å². The molecule has 1 fully saturated rings. The van der Waals surface area contributed by atoms with E-state index in [-0.39, 0.29) is 35.2 Å². The van der Waals surface area contributed by atoms with Gasteiger partial charge < -0.3 is 14.8 Å². The number of hydrogen-bond donors (Lipinski definition) is 1. The summed E-state index contributed by atoms with van der Waals surface area (Å²) in [6.07, 6.45) is -16.3. The van der Waals surface area contributed by atoms with E-state index in [1.165, 1.54) is 4.90 Å². The van der Waals surface area contributed by atoms with Gasteiger partial charge in [0.25, 0.3) is 0 Å². The Morgan fingerprint density at radius 3 is 1.98 bits per heavy atom. The van der Waals surface area contributed by atoms with Crippen molar-refractivity contribution in [2.75, 3.05) is 11.5 Å². The maximum atomic E-state index is 13.6. The highest BCUT2D eigenvalue weighted by atomic mass is 19.4. The molecule has 0 saturated heterocycles. The molecule has 0 radical (unpaired) electrons. The molecule has 1 heterocycles. The average molecular weight is 627 g/mol. The highest BCUT2D eigenvalue weighted by Gasteiger charge is 2.46. The zero-order valence-corrected chi connectivity index (χ0v) is 22.8. The van der Waals surface area contributed by atoms with Gasteiger partial charge >= 0.3 is 30.7 Å². The molecule has 1 aliphatic carbocycles. The summed E-state index contributed by atoms with van der Waals surface area (Å²) in [6, 6.07) is 2.17. The Hall–Kier alpha value is -3.65. The van der Waals surface area contributed by atoms with Crippen LogP contribution in [-0.2, 0) is 34.4 Å². The van der Waals surface area contributed by atoms with Crippen molar-refractivity contribution >= 4 is 17.9 Å². The van der Waals surface area contributed by atoms with Gasteiger partial charge in [0.15, 0.2) is 0 Å². The van der Waals surface area contributed by atoms with Crippen LogP contribution in [0.2, 0.25) is 0 Å². The molecule has 1 N–H and O–H groups in total. The highest BCUT2D eigenvalue weighted by molar-refractivity contribution is 5.91. The van der Waals surface area contributed by atoms with Crippen molar-refractivity contribution in [1.29, 1.82) is 0 Å². The van der Waals surface area contributed by atoms with E-state index in [1.54, 1.807) is 13.8 Å². The molecule has 43 heavy (non-hydrogen) atoms. The number of halogens is 9. The Morgan fingerprint density at radius 1 is 0.884 bits per heavy atom. The van der Waals surface area contributed by atoms with Gasteiger partial charge in [-0.2, -0.15) is 39.5 Å². The number of carbonyl (C=O) groups is 2. The Bertz CT molecular complexity index is 1320. The normalized spacial score (nSPS) is 19.2. The number of ether oxygens (including phenoxy) is 2. The van der Waals surface area contributed by atoms with Crippen LogP contribution in [0.15, 0.2) is 36.4 Å². The third-order valence-electron chi connectivity index (χ3n) is 7.06. The van der Waals surface area contributed by atoms with Gasteiger partial charge in [0, 0.05) is 12.5 Å². The molecule has 1 saturated carbocycles. The van der Waals surface area contributed by atoms with Crippen LogP contribution in [0.3, 0.4) is 0 Å². The maximum Gasteiger partial charge on any atom is 0.416 e. The number of benzene rings is 2. The molecule has 2 amide bonds. The number of nitrogens with one attached hydrogen (secondary N) is 1. The minimum absolute atomic E-state index is 0.000729. The fourth-order valence-corrected chi connectivity index (χ4v) is 5.00. The number of amides is 2. The molecule has 0 aromatic heterocycles. The summed E-state index contributed by atoms with van der Waals surface area (Å²) in [5.74, 6) is -0.000729. The van der Waals surface area contributed by atoms with E-state index in [0.717, 1.165) is 31.0 Å². The Labute approximate surface area is 240 Å². The lowest BCUT2D eigenvalue weighted by molar-refractivity contribution is -0.143. The van der Waals surface area contributed by atoms with E-state index < -0.39 is 78.6 Å². The molecule has 6 nitrogen and oxygen atoms in total. The average Bonchev–Trinajstić information content (AvgIpc) is 3.71. The smallest absolute Gasteiger partial charge is 0.416 e. The van der Waals surface area contributed by atoms with E-state index in [4.69, 9.17) is 9.47 Å². The van der Waals surface area contributed by atoms with Gasteiger partial charge in [-0.1, -0.05) is 0 Å². The number of rotatable bonds is 6. The first-order valence-corrected chi connectivity index (χ1v) is 13.3. The van der Waals surface area contributed by atoms with Crippen LogP contribution in [0.5, 0.6) is 0 Å². The first-order valence-electron chi connectivity index (χ1n) is 13.3. The lowest BCUT2D eigenvalue weighted by Gasteiger charge is -2.41. The fraction of sp³-hybridized carbons (Fsp3) is 0.500. The molecule has 15 heteroatoms. The van der Waals surface area contributed by atoms with Crippen molar-refractivity contribution in [1.82, 2.24) is 5.32 Å². The molecule has 236 valence electrons. The van der Waals surface area contributed by atoms with E-state index in [1.807, 2.05) is 0 Å². The van der Waals surface area contributed by atoms with Gasteiger partial charge in [0.1, 0.15) is 0 Å². The fourth-order valence-electron chi connectivity index (χ4n) is 5.00. The first-order chi connectivity index (χ1) is 19.8. The molecule has 1 aliphatic heterocycles. The summed E-state index contributed by atoms with van der Waals surface area (Å²) in [5, 5.41) is 2.46. The topological polar surface area (TPSA) is 67.9 Å². The highest BCUT2D eigenvalue weighted by Crippen LogP contribution is 2.48. The lowest BCUT2D eigenvalue weighted by atomic mass is 9.88. The van der Waals surface area contributed by atoms with Gasteiger partial charge in [0.05, 0.1) is 41.1 Å². The molecule has 2 aliphatic rings. The molecule has 2 aromatic rings. The maximum absolute atomic E-state index is 13.6. The summed E-state index contributed by atoms with van der Waals surface area (Å²) < 4.78 is 130. The van der Waals surface area contributed by atoms with Crippen molar-refractivity contribution in [2.45, 2.75) is 76.2 Å². The number of alkyl halides is 9. The predicted molar refractivity (Wildman–Crippen MR) is 134 cm³/mol. The van der Waals surface area contributed by atoms with E-state index >= 15 is 0 Å². The molecule has 2 aromatic carbocycles. The van der Waals surface area contributed by atoms with Gasteiger partial charge in [-0.15, -0.1) is 0 Å². The first kappa shape index (κ1) is 32.3. The van der Waals surface area contributed by atoms with Crippen LogP contribution in [0.25, 0.3) is 0 Å². The molecular formula is C28H27F9N2O4. The van der Waals surface area contributed by atoms with E-state index in [2.05, 4.69) is 5.32 Å². The quantitative estimate of drug-likeness (QED) is 0.328. The summed E-state index contributed by atoms with van der Waals surface area (Å²) in [6.45, 7) is 2.61. The molecular weight excluding hydrogens is 599 g/mol. The zero-order chi connectivity index (χ0) is 31.9. The van der Waals surface area contributed by atoms with Gasteiger partial charge in [-0.3, -0.25) is 4.90 Å². The van der Waals surface area contributed by atoms with Crippen LogP contribution in [0.1, 0.15) is 67.0 Å². The van der Waals surface area contributed by atoms with Crippen LogP contribution in [0, 0.1) is 5.92 Å². The predicted octanol–water partition coefficient (Wildman–Crippen LogP) is 8.29. The molecule has 2 unspecified atom stereocenters. The summed E-state index contributed by atoms with van der Waals surface area (Å²) in [5.41, 5.74) is -4.38. The second-order valence-corrected chi connectivity index (χ2v) is 10.7. The van der Waals surface area contributed by atoms with Crippen LogP contribution in [0.4, 0.5) is 54.8 Å². The van der Waals surface area contributed by atoms with Crippen LogP contribution in [-0.4, -0.2) is 30.9 Å². The molecule has 4 rings (SSSR count).